The molecule has 7 heteroatoms. The highest BCUT2D eigenvalue weighted by Crippen LogP contribution is 2.27. The molecule has 1 fully saturated rings. The molecule has 2 N–H and O–H groups in total. The van der Waals surface area contributed by atoms with Gasteiger partial charge in [0.05, 0.1) is 0 Å². The van der Waals surface area contributed by atoms with E-state index in [1.54, 1.807) is 41.3 Å². The van der Waals surface area contributed by atoms with Crippen LogP contribution in [0.1, 0.15) is 19.8 Å². The number of likely N-dealkylation sites (tertiary alicyclic amines) is 1. The van der Waals surface area contributed by atoms with Crippen LogP contribution in [0.15, 0.2) is 48.5 Å². The van der Waals surface area contributed by atoms with E-state index < -0.39 is 0 Å². The van der Waals surface area contributed by atoms with Gasteiger partial charge in [-0.15, -0.1) is 0 Å². The number of amides is 3. The Morgan fingerprint density at radius 3 is 2.39 bits per heavy atom. The Kier molecular flexibility index (Phi) is 6.52. The van der Waals surface area contributed by atoms with Gasteiger partial charge >= 0.3 is 6.03 Å². The van der Waals surface area contributed by atoms with E-state index in [2.05, 4.69) is 10.6 Å². The van der Waals surface area contributed by atoms with Gasteiger partial charge in [0.2, 0.25) is 5.91 Å². The minimum Gasteiger partial charge on any atom is -0.326 e. The second-order valence-electron chi connectivity index (χ2n) is 7.05. The van der Waals surface area contributed by atoms with Gasteiger partial charge in [-0.1, -0.05) is 24.6 Å². The normalized spacial score (nSPS) is 15.8. The van der Waals surface area contributed by atoms with E-state index in [-0.39, 0.29) is 29.6 Å². The number of rotatable bonds is 4. The number of nitrogens with one attached hydrogen (secondary N) is 2. The second-order valence-corrected chi connectivity index (χ2v) is 7.49. The van der Waals surface area contributed by atoms with Crippen LogP contribution in [0.5, 0.6) is 0 Å². The third-order valence-electron chi connectivity index (χ3n) is 5.14. The first kappa shape index (κ1) is 20.1. The molecular weight excluding hydrogens is 381 g/mol. The summed E-state index contributed by atoms with van der Waals surface area (Å²) in [6.07, 6.45) is 1.48. The number of urea groups is 1. The number of anilines is 2. The monoisotopic (exact) mass is 403 g/mol. The molecule has 0 spiro atoms. The highest BCUT2D eigenvalue weighted by molar-refractivity contribution is 6.30. The fourth-order valence-corrected chi connectivity index (χ4v) is 3.50. The molecule has 1 aliphatic heterocycles. The number of carbonyl (C=O) groups excluding carboxylic acids is 2. The smallest absolute Gasteiger partial charge is 0.321 e. The maximum atomic E-state index is 13.3. The highest BCUT2D eigenvalue weighted by atomic mass is 35.5. The summed E-state index contributed by atoms with van der Waals surface area (Å²) in [6.45, 7) is 3.05. The van der Waals surface area contributed by atoms with Gasteiger partial charge in [-0.05, 0) is 61.2 Å². The van der Waals surface area contributed by atoms with Crippen LogP contribution in [0.25, 0.3) is 0 Å². The first-order valence-corrected chi connectivity index (χ1v) is 9.68. The largest absolute Gasteiger partial charge is 0.326 e. The van der Waals surface area contributed by atoms with E-state index in [9.17, 15) is 14.0 Å². The van der Waals surface area contributed by atoms with Gasteiger partial charge in [0.1, 0.15) is 5.82 Å². The Morgan fingerprint density at radius 1 is 1.07 bits per heavy atom. The molecule has 0 aromatic heterocycles. The summed E-state index contributed by atoms with van der Waals surface area (Å²) < 4.78 is 13.3. The molecule has 1 unspecified atom stereocenters. The maximum Gasteiger partial charge on any atom is 0.321 e. The molecule has 3 amide bonds. The zero-order valence-electron chi connectivity index (χ0n) is 15.6. The molecule has 0 bridgehead atoms. The fraction of sp³-hybridized carbons (Fsp3) is 0.333. The predicted octanol–water partition coefficient (Wildman–Crippen LogP) is 5.00. The molecule has 28 heavy (non-hydrogen) atoms. The topological polar surface area (TPSA) is 61.4 Å². The van der Waals surface area contributed by atoms with Crippen molar-refractivity contribution in [1.29, 1.82) is 0 Å². The van der Waals surface area contributed by atoms with Gasteiger partial charge in [-0.25, -0.2) is 9.18 Å². The average Bonchev–Trinajstić information content (AvgIpc) is 2.69. The molecule has 0 radical (unpaired) electrons. The van der Waals surface area contributed by atoms with Crippen LogP contribution in [0.4, 0.5) is 20.6 Å². The molecule has 1 heterocycles. The van der Waals surface area contributed by atoms with Gasteiger partial charge in [-0.3, -0.25) is 4.79 Å². The molecule has 0 aliphatic carbocycles. The molecule has 1 saturated heterocycles. The predicted molar refractivity (Wildman–Crippen MR) is 109 cm³/mol. The van der Waals surface area contributed by atoms with Crippen molar-refractivity contribution in [1.82, 2.24) is 4.90 Å². The van der Waals surface area contributed by atoms with Crippen LogP contribution in [-0.4, -0.2) is 29.9 Å². The Morgan fingerprint density at radius 2 is 1.75 bits per heavy atom. The SMILES string of the molecule is CC(C(=O)Nc1cccc(F)c1)C1CCN(C(=O)Nc2ccc(Cl)cc2)CC1. The lowest BCUT2D eigenvalue weighted by molar-refractivity contribution is -0.121. The lowest BCUT2D eigenvalue weighted by Crippen LogP contribution is -2.43. The molecule has 2 aromatic rings. The number of benzene rings is 2. The first-order valence-electron chi connectivity index (χ1n) is 9.30. The van der Waals surface area contributed by atoms with E-state index in [0.29, 0.717) is 29.5 Å². The molecular formula is C21H23ClFN3O2. The summed E-state index contributed by atoms with van der Waals surface area (Å²) in [4.78, 5) is 26.6. The molecule has 0 saturated carbocycles. The van der Waals surface area contributed by atoms with Crippen molar-refractivity contribution in [3.05, 3.63) is 59.4 Å². The Hall–Kier alpha value is -2.60. The van der Waals surface area contributed by atoms with Gasteiger partial charge in [0.15, 0.2) is 0 Å². The van der Waals surface area contributed by atoms with Gasteiger partial charge in [0, 0.05) is 35.4 Å². The second kappa shape index (κ2) is 9.06. The van der Waals surface area contributed by atoms with Crippen LogP contribution in [-0.2, 0) is 4.79 Å². The standard InChI is InChI=1S/C21H23ClFN3O2/c1-14(20(27)24-19-4-2-3-17(23)13-19)15-9-11-26(12-10-15)21(28)25-18-7-5-16(22)6-8-18/h2-8,13-15H,9-12H2,1H3,(H,24,27)(H,25,28). The summed E-state index contributed by atoms with van der Waals surface area (Å²) in [6, 6.07) is 12.7. The van der Waals surface area contributed by atoms with E-state index >= 15 is 0 Å². The summed E-state index contributed by atoms with van der Waals surface area (Å²) in [5.41, 5.74) is 1.15. The van der Waals surface area contributed by atoms with E-state index in [4.69, 9.17) is 11.6 Å². The summed E-state index contributed by atoms with van der Waals surface area (Å²) in [5.74, 6) is -0.557. The van der Waals surface area contributed by atoms with E-state index in [1.165, 1.54) is 12.1 Å². The van der Waals surface area contributed by atoms with Crippen LogP contribution >= 0.6 is 11.6 Å². The van der Waals surface area contributed by atoms with Crippen LogP contribution < -0.4 is 10.6 Å². The third kappa shape index (κ3) is 5.23. The average molecular weight is 404 g/mol. The first-order chi connectivity index (χ1) is 13.4. The molecule has 1 atom stereocenters. The number of carbonyl (C=O) groups is 2. The summed E-state index contributed by atoms with van der Waals surface area (Å²) in [5, 5.41) is 6.24. The van der Waals surface area contributed by atoms with E-state index in [1.807, 2.05) is 6.92 Å². The van der Waals surface area contributed by atoms with Crippen molar-refractivity contribution >= 4 is 34.9 Å². The van der Waals surface area contributed by atoms with Crippen molar-refractivity contribution in [3.8, 4) is 0 Å². The Balaban J connectivity index is 1.49. The molecule has 5 nitrogen and oxygen atoms in total. The third-order valence-corrected chi connectivity index (χ3v) is 5.39. The fourth-order valence-electron chi connectivity index (χ4n) is 3.37. The van der Waals surface area contributed by atoms with Crippen LogP contribution in [0.2, 0.25) is 5.02 Å². The van der Waals surface area contributed by atoms with Crippen molar-refractivity contribution < 1.29 is 14.0 Å². The molecule has 1 aliphatic rings. The minimum atomic E-state index is -0.384. The highest BCUT2D eigenvalue weighted by Gasteiger charge is 2.30. The number of hydrogen-bond acceptors (Lipinski definition) is 2. The van der Waals surface area contributed by atoms with Crippen molar-refractivity contribution in [3.63, 3.8) is 0 Å². The quantitative estimate of drug-likeness (QED) is 0.754. The van der Waals surface area contributed by atoms with Crippen molar-refractivity contribution in [2.75, 3.05) is 23.7 Å². The lowest BCUT2D eigenvalue weighted by Gasteiger charge is -2.34. The minimum absolute atomic E-state index is 0.130. The van der Waals surface area contributed by atoms with Gasteiger partial charge in [-0.2, -0.15) is 0 Å². The van der Waals surface area contributed by atoms with Crippen LogP contribution in [0, 0.1) is 17.7 Å². The number of hydrogen-bond donors (Lipinski definition) is 2. The van der Waals surface area contributed by atoms with Crippen molar-refractivity contribution in [2.24, 2.45) is 11.8 Å². The molecule has 148 valence electrons. The van der Waals surface area contributed by atoms with Gasteiger partial charge in [0.25, 0.3) is 0 Å². The zero-order chi connectivity index (χ0) is 20.1. The number of halogens is 2. The lowest BCUT2D eigenvalue weighted by atomic mass is 9.85. The maximum absolute atomic E-state index is 13.3. The Bertz CT molecular complexity index is 836. The molecule has 2 aromatic carbocycles. The van der Waals surface area contributed by atoms with Crippen LogP contribution in [0.3, 0.4) is 0 Å². The van der Waals surface area contributed by atoms with Crippen molar-refractivity contribution in [2.45, 2.75) is 19.8 Å². The number of nitrogens with zero attached hydrogens (tertiary/aromatic N) is 1. The van der Waals surface area contributed by atoms with E-state index in [0.717, 1.165) is 12.8 Å². The van der Waals surface area contributed by atoms with Gasteiger partial charge < -0.3 is 15.5 Å². The number of piperidine rings is 1. The Labute approximate surface area is 168 Å². The molecule has 3 rings (SSSR count). The summed E-state index contributed by atoms with van der Waals surface area (Å²) >= 11 is 5.85. The zero-order valence-corrected chi connectivity index (χ0v) is 16.4. The summed E-state index contributed by atoms with van der Waals surface area (Å²) in [7, 11) is 0.